The molecule has 0 spiro atoms. The van der Waals surface area contributed by atoms with Gasteiger partial charge in [0.05, 0.1) is 11.6 Å². The van der Waals surface area contributed by atoms with Crippen LogP contribution in [0.15, 0.2) is 23.9 Å². The number of benzene rings is 1. The fourth-order valence-electron chi connectivity index (χ4n) is 2.06. The van der Waals surface area contributed by atoms with E-state index in [1.165, 1.54) is 20.0 Å². The van der Waals surface area contributed by atoms with Crippen LogP contribution in [0.25, 0.3) is 0 Å². The van der Waals surface area contributed by atoms with Gasteiger partial charge in [-0.3, -0.25) is 0 Å². The molecule has 0 aliphatic carbocycles. The van der Waals surface area contributed by atoms with Crippen molar-refractivity contribution in [2.75, 3.05) is 5.32 Å². The van der Waals surface area contributed by atoms with E-state index < -0.39 is 17.7 Å². The minimum absolute atomic E-state index is 0.224. The number of nitrogens with one attached hydrogen (secondary N) is 1. The summed E-state index contributed by atoms with van der Waals surface area (Å²) in [7, 11) is 0. The van der Waals surface area contributed by atoms with Gasteiger partial charge in [0.15, 0.2) is 5.57 Å². The number of hydrogen-bond acceptors (Lipinski definition) is 6. The van der Waals surface area contributed by atoms with E-state index in [-0.39, 0.29) is 5.57 Å². The Balaban J connectivity index is 2.28. The lowest BCUT2D eigenvalue weighted by Crippen LogP contribution is -2.42. The summed E-state index contributed by atoms with van der Waals surface area (Å²) in [5.41, 5.74) is 2.65. The van der Waals surface area contributed by atoms with E-state index in [0.717, 1.165) is 11.1 Å². The van der Waals surface area contributed by atoms with Crippen molar-refractivity contribution in [1.29, 1.82) is 5.26 Å². The van der Waals surface area contributed by atoms with E-state index >= 15 is 0 Å². The molecule has 0 aromatic heterocycles. The molecule has 0 radical (unpaired) electrons. The van der Waals surface area contributed by atoms with Crippen LogP contribution >= 0.6 is 0 Å². The number of aryl methyl sites for hydroxylation is 2. The highest BCUT2D eigenvalue weighted by Gasteiger charge is 2.38. The maximum Gasteiger partial charge on any atom is 0.350 e. The molecule has 1 fully saturated rings. The Bertz CT molecular complexity index is 704. The Labute approximate surface area is 128 Å². The second kappa shape index (κ2) is 5.53. The van der Waals surface area contributed by atoms with E-state index in [4.69, 9.17) is 14.7 Å². The molecular weight excluding hydrogens is 284 g/mol. The van der Waals surface area contributed by atoms with Crippen molar-refractivity contribution in [1.82, 2.24) is 0 Å². The maximum absolute atomic E-state index is 11.8. The van der Waals surface area contributed by atoms with Gasteiger partial charge < -0.3 is 14.8 Å². The number of carbonyl (C=O) groups excluding carboxylic acids is 2. The van der Waals surface area contributed by atoms with Crippen molar-refractivity contribution in [3.63, 3.8) is 0 Å². The Morgan fingerprint density at radius 3 is 2.27 bits per heavy atom. The quantitative estimate of drug-likeness (QED) is 0.512. The average molecular weight is 300 g/mol. The first-order valence-electron chi connectivity index (χ1n) is 6.68. The van der Waals surface area contributed by atoms with Crippen LogP contribution in [0.1, 0.15) is 30.5 Å². The predicted molar refractivity (Wildman–Crippen MR) is 78.6 cm³/mol. The van der Waals surface area contributed by atoms with Crippen molar-refractivity contribution in [3.05, 3.63) is 40.6 Å². The van der Waals surface area contributed by atoms with Gasteiger partial charge in [0.2, 0.25) is 0 Å². The van der Waals surface area contributed by atoms with Gasteiger partial charge in [-0.1, -0.05) is 6.07 Å². The summed E-state index contributed by atoms with van der Waals surface area (Å²) in [5, 5.41) is 11.9. The standard InChI is InChI=1S/C16H16N2O4/c1-9-5-10(2)13(6-11(9)7-17)18-8-12-14(19)21-16(3,4)22-15(12)20/h5-6,8,18H,1-4H3. The van der Waals surface area contributed by atoms with Crippen molar-refractivity contribution in [3.8, 4) is 6.07 Å². The lowest BCUT2D eigenvalue weighted by molar-refractivity contribution is -0.222. The maximum atomic E-state index is 11.8. The Morgan fingerprint density at radius 2 is 1.73 bits per heavy atom. The molecule has 114 valence electrons. The fourth-order valence-corrected chi connectivity index (χ4v) is 2.06. The second-order valence-electron chi connectivity index (χ2n) is 5.48. The molecule has 1 N–H and O–H groups in total. The molecule has 1 aromatic rings. The van der Waals surface area contributed by atoms with Gasteiger partial charge in [-0.2, -0.15) is 5.26 Å². The lowest BCUT2D eigenvalue weighted by Gasteiger charge is -2.29. The monoisotopic (exact) mass is 300 g/mol. The van der Waals surface area contributed by atoms with Crippen LogP contribution in [0.3, 0.4) is 0 Å². The molecule has 0 unspecified atom stereocenters. The molecule has 6 heteroatoms. The number of cyclic esters (lactones) is 2. The molecule has 1 aromatic carbocycles. The number of anilines is 1. The topological polar surface area (TPSA) is 88.4 Å². The summed E-state index contributed by atoms with van der Waals surface area (Å²) >= 11 is 0. The Kier molecular flexibility index (Phi) is 3.91. The van der Waals surface area contributed by atoms with Crippen molar-refractivity contribution in [2.24, 2.45) is 0 Å². The summed E-state index contributed by atoms with van der Waals surface area (Å²) < 4.78 is 9.99. The number of esters is 2. The van der Waals surface area contributed by atoms with Crippen LogP contribution in [-0.2, 0) is 19.1 Å². The molecule has 1 heterocycles. The first-order chi connectivity index (χ1) is 10.2. The van der Waals surface area contributed by atoms with Crippen molar-refractivity contribution < 1.29 is 19.1 Å². The zero-order valence-corrected chi connectivity index (χ0v) is 12.8. The van der Waals surface area contributed by atoms with Crippen LogP contribution < -0.4 is 5.32 Å². The smallest absolute Gasteiger partial charge is 0.350 e. The highest BCUT2D eigenvalue weighted by Crippen LogP contribution is 2.24. The van der Waals surface area contributed by atoms with E-state index in [0.29, 0.717) is 11.3 Å². The third kappa shape index (κ3) is 3.09. The molecule has 0 amide bonds. The average Bonchev–Trinajstić information content (AvgIpc) is 2.38. The first-order valence-corrected chi connectivity index (χ1v) is 6.68. The molecule has 1 aliphatic rings. The van der Waals surface area contributed by atoms with Crippen molar-refractivity contribution in [2.45, 2.75) is 33.5 Å². The van der Waals surface area contributed by atoms with E-state index in [1.54, 1.807) is 6.07 Å². The summed E-state index contributed by atoms with van der Waals surface area (Å²) in [6.07, 6.45) is 1.23. The Morgan fingerprint density at radius 1 is 1.14 bits per heavy atom. The number of nitriles is 1. The number of rotatable bonds is 2. The van der Waals surface area contributed by atoms with Gasteiger partial charge in [-0.05, 0) is 31.0 Å². The summed E-state index contributed by atoms with van der Waals surface area (Å²) in [6, 6.07) is 5.59. The van der Waals surface area contributed by atoms with E-state index in [1.807, 2.05) is 19.9 Å². The second-order valence-corrected chi connectivity index (χ2v) is 5.48. The van der Waals surface area contributed by atoms with Crippen LogP contribution in [0.4, 0.5) is 5.69 Å². The Hall–Kier alpha value is -2.81. The van der Waals surface area contributed by atoms with Crippen LogP contribution in [0.5, 0.6) is 0 Å². The summed E-state index contributed by atoms with van der Waals surface area (Å²) in [5.74, 6) is -2.77. The van der Waals surface area contributed by atoms with Gasteiger partial charge in [0.1, 0.15) is 0 Å². The predicted octanol–water partition coefficient (Wildman–Crippen LogP) is 2.31. The minimum atomic E-state index is -1.26. The zero-order valence-electron chi connectivity index (χ0n) is 12.8. The van der Waals surface area contributed by atoms with Crippen LogP contribution in [0.2, 0.25) is 0 Å². The summed E-state index contributed by atoms with van der Waals surface area (Å²) in [4.78, 5) is 23.6. The molecule has 22 heavy (non-hydrogen) atoms. The molecule has 1 saturated heterocycles. The number of nitrogens with zero attached hydrogens (tertiary/aromatic N) is 1. The van der Waals surface area contributed by atoms with Gasteiger partial charge >= 0.3 is 11.9 Å². The molecular formula is C16H16N2O4. The molecule has 6 nitrogen and oxygen atoms in total. The molecule has 1 aliphatic heterocycles. The number of hydrogen-bond donors (Lipinski definition) is 1. The van der Waals surface area contributed by atoms with Crippen molar-refractivity contribution >= 4 is 17.6 Å². The third-order valence-electron chi connectivity index (χ3n) is 3.18. The van der Waals surface area contributed by atoms with Crippen LogP contribution in [0, 0.1) is 25.2 Å². The highest BCUT2D eigenvalue weighted by molar-refractivity contribution is 6.15. The molecule has 0 saturated carbocycles. The molecule has 2 rings (SSSR count). The van der Waals surface area contributed by atoms with Gasteiger partial charge in [-0.25, -0.2) is 9.59 Å². The van der Waals surface area contributed by atoms with E-state index in [9.17, 15) is 9.59 Å². The zero-order chi connectivity index (χ0) is 16.5. The largest absolute Gasteiger partial charge is 0.419 e. The van der Waals surface area contributed by atoms with Crippen LogP contribution in [-0.4, -0.2) is 17.7 Å². The third-order valence-corrected chi connectivity index (χ3v) is 3.18. The van der Waals surface area contributed by atoms with Gasteiger partial charge in [-0.15, -0.1) is 0 Å². The first kappa shape index (κ1) is 15.6. The number of carbonyl (C=O) groups is 2. The van der Waals surface area contributed by atoms with E-state index in [2.05, 4.69) is 11.4 Å². The fraction of sp³-hybridized carbons (Fsp3) is 0.312. The lowest BCUT2D eigenvalue weighted by atomic mass is 10.0. The SMILES string of the molecule is Cc1cc(C)c(NC=C2C(=O)OC(C)(C)OC2=O)cc1C#N. The van der Waals surface area contributed by atoms with Gasteiger partial charge in [0.25, 0.3) is 5.79 Å². The number of ether oxygens (including phenoxy) is 2. The molecule has 0 atom stereocenters. The summed E-state index contributed by atoms with van der Waals surface area (Å²) in [6.45, 7) is 6.66. The highest BCUT2D eigenvalue weighted by atomic mass is 16.7. The van der Waals surface area contributed by atoms with Gasteiger partial charge in [0, 0.05) is 25.7 Å². The normalized spacial score (nSPS) is 16.4. The molecule has 0 bridgehead atoms. The minimum Gasteiger partial charge on any atom is -0.419 e.